The van der Waals surface area contributed by atoms with Gasteiger partial charge in [-0.1, -0.05) is 60.2 Å². The average Bonchev–Trinajstić information content (AvgIpc) is 2.81. The molecule has 0 aliphatic heterocycles. The number of amides is 3. The number of benzene rings is 2. The molecule has 2 aromatic carbocycles. The number of imide groups is 1. The predicted octanol–water partition coefficient (Wildman–Crippen LogP) is 4.40. The zero-order valence-corrected chi connectivity index (χ0v) is 19.6. The second-order valence-electron chi connectivity index (χ2n) is 10.7. The summed E-state index contributed by atoms with van der Waals surface area (Å²) in [6, 6.07) is 17.6. The molecule has 6 rings (SSSR count). The average molecular weight is 461 g/mol. The van der Waals surface area contributed by atoms with E-state index in [1.165, 1.54) is 17.5 Å². The number of hydrogen-bond donors (Lipinski definition) is 2. The first-order valence-corrected chi connectivity index (χ1v) is 12.2. The zero-order valence-electron chi connectivity index (χ0n) is 19.6. The lowest BCUT2D eigenvalue weighted by molar-refractivity contribution is -0.175. The highest BCUT2D eigenvalue weighted by molar-refractivity contribution is 5.95. The quantitative estimate of drug-likeness (QED) is 0.626. The van der Waals surface area contributed by atoms with Gasteiger partial charge in [0.05, 0.1) is 5.41 Å². The molecule has 2 N–H and O–H groups in total. The van der Waals surface area contributed by atoms with E-state index < -0.39 is 24.0 Å². The van der Waals surface area contributed by atoms with Crippen LogP contribution in [0.25, 0.3) is 0 Å². The second-order valence-corrected chi connectivity index (χ2v) is 10.7. The van der Waals surface area contributed by atoms with E-state index in [1.54, 1.807) is 0 Å². The summed E-state index contributed by atoms with van der Waals surface area (Å²) in [4.78, 5) is 37.6. The van der Waals surface area contributed by atoms with Crippen LogP contribution in [-0.2, 0) is 26.3 Å². The van der Waals surface area contributed by atoms with Crippen LogP contribution in [-0.4, -0.2) is 24.5 Å². The second kappa shape index (κ2) is 8.90. The summed E-state index contributed by atoms with van der Waals surface area (Å²) >= 11 is 0. The highest BCUT2D eigenvalue weighted by Gasteiger charge is 2.61. The molecule has 178 valence electrons. The molecule has 4 saturated carbocycles. The van der Waals surface area contributed by atoms with Gasteiger partial charge < -0.3 is 10.1 Å². The maximum Gasteiger partial charge on any atom is 0.321 e. The zero-order chi connectivity index (χ0) is 23.8. The van der Waals surface area contributed by atoms with Gasteiger partial charge in [-0.15, -0.1) is 0 Å². The minimum Gasteiger partial charge on any atom is -0.455 e. The molecular weight excluding hydrogens is 428 g/mol. The van der Waals surface area contributed by atoms with Crippen molar-refractivity contribution in [1.29, 1.82) is 0 Å². The Morgan fingerprint density at radius 2 is 1.62 bits per heavy atom. The summed E-state index contributed by atoms with van der Waals surface area (Å²) in [5.74, 6) is 0.148. The minimum absolute atomic E-state index is 0.0242. The van der Waals surface area contributed by atoms with Crippen molar-refractivity contribution >= 4 is 17.9 Å². The molecule has 2 aromatic rings. The third-order valence-corrected chi connectivity index (χ3v) is 8.04. The molecule has 4 aliphatic rings. The maximum absolute atomic E-state index is 13.3. The van der Waals surface area contributed by atoms with Crippen LogP contribution >= 0.6 is 0 Å². The molecule has 34 heavy (non-hydrogen) atoms. The Morgan fingerprint density at radius 1 is 0.941 bits per heavy atom. The van der Waals surface area contributed by atoms with Crippen LogP contribution in [0.15, 0.2) is 54.6 Å². The van der Waals surface area contributed by atoms with Crippen molar-refractivity contribution < 1.29 is 19.1 Å². The monoisotopic (exact) mass is 460 g/mol. The first kappa shape index (κ1) is 22.6. The number of hydrogen-bond acceptors (Lipinski definition) is 4. The lowest BCUT2D eigenvalue weighted by atomic mass is 9.43. The van der Waals surface area contributed by atoms with E-state index >= 15 is 0 Å². The number of esters is 1. The van der Waals surface area contributed by atoms with Crippen LogP contribution in [0.3, 0.4) is 0 Å². The molecule has 0 aromatic heterocycles. The smallest absolute Gasteiger partial charge is 0.321 e. The third-order valence-electron chi connectivity index (χ3n) is 8.04. The van der Waals surface area contributed by atoms with Crippen LogP contribution in [0.5, 0.6) is 0 Å². The van der Waals surface area contributed by atoms with E-state index in [2.05, 4.69) is 41.8 Å². The fraction of sp³-hybridized carbons (Fsp3) is 0.464. The number of urea groups is 1. The third kappa shape index (κ3) is 4.46. The minimum atomic E-state index is -0.614. The SMILES string of the molecule is Cc1ccc(C23C[C@H]4C[C@@H](CC(C(=O)OCC(=O)NC(=O)NCc5ccccc5)(C4)C2)C3)cc1. The van der Waals surface area contributed by atoms with Gasteiger partial charge in [0.15, 0.2) is 6.61 Å². The Kier molecular flexibility index (Phi) is 5.92. The number of nitrogens with one attached hydrogen (secondary N) is 2. The van der Waals surface area contributed by atoms with Gasteiger partial charge in [-0.05, 0) is 73.8 Å². The Bertz CT molecular complexity index is 1070. The molecule has 0 radical (unpaired) electrons. The number of carbonyl (C=O) groups is 3. The molecule has 4 aliphatic carbocycles. The molecule has 4 bridgehead atoms. The van der Waals surface area contributed by atoms with E-state index in [1.807, 2.05) is 30.3 Å². The number of ether oxygens (including phenoxy) is 1. The highest BCUT2D eigenvalue weighted by Crippen LogP contribution is 2.66. The van der Waals surface area contributed by atoms with Gasteiger partial charge >= 0.3 is 12.0 Å². The Labute approximate surface area is 200 Å². The normalized spacial score (nSPS) is 28.9. The van der Waals surface area contributed by atoms with Crippen LogP contribution in [0.2, 0.25) is 0 Å². The van der Waals surface area contributed by atoms with Crippen LogP contribution in [0, 0.1) is 24.2 Å². The Balaban J connectivity index is 1.19. The van der Waals surface area contributed by atoms with E-state index in [4.69, 9.17) is 4.74 Å². The number of aryl methyl sites for hydroxylation is 1. The molecule has 0 spiro atoms. The van der Waals surface area contributed by atoms with Crippen molar-refractivity contribution in [3.63, 3.8) is 0 Å². The lowest BCUT2D eigenvalue weighted by Crippen LogP contribution is -2.57. The van der Waals surface area contributed by atoms with Crippen molar-refractivity contribution in [2.24, 2.45) is 17.3 Å². The van der Waals surface area contributed by atoms with Crippen LogP contribution in [0.1, 0.15) is 55.2 Å². The summed E-state index contributed by atoms with van der Waals surface area (Å²) < 4.78 is 5.52. The summed E-state index contributed by atoms with van der Waals surface area (Å²) in [7, 11) is 0. The molecule has 3 amide bonds. The molecule has 2 atom stereocenters. The highest BCUT2D eigenvalue weighted by atomic mass is 16.5. The van der Waals surface area contributed by atoms with E-state index in [-0.39, 0.29) is 11.4 Å². The standard InChI is InChI=1S/C28H32N2O4/c1-19-7-9-23(10-8-19)27-12-21-11-22(13-27)15-28(14-21,18-27)25(32)34-17-24(31)30-26(33)29-16-20-5-3-2-4-6-20/h2-10,21-22H,11-18H2,1H3,(H2,29,30,31,33)/t21-,22-,27?,28?/m1/s1. The summed E-state index contributed by atoms with van der Waals surface area (Å²) in [5, 5.41) is 4.89. The molecule has 4 fully saturated rings. The predicted molar refractivity (Wildman–Crippen MR) is 128 cm³/mol. The molecular formula is C28H32N2O4. The van der Waals surface area contributed by atoms with Gasteiger partial charge in [-0.3, -0.25) is 14.9 Å². The summed E-state index contributed by atoms with van der Waals surface area (Å²) in [5.41, 5.74) is 3.00. The molecule has 0 saturated heterocycles. The van der Waals surface area contributed by atoms with Crippen LogP contribution in [0.4, 0.5) is 4.79 Å². The van der Waals surface area contributed by atoms with Gasteiger partial charge in [0.25, 0.3) is 5.91 Å². The largest absolute Gasteiger partial charge is 0.455 e. The lowest BCUT2D eigenvalue weighted by Gasteiger charge is -2.61. The van der Waals surface area contributed by atoms with E-state index in [0.717, 1.165) is 37.7 Å². The fourth-order valence-electron chi connectivity index (χ4n) is 7.02. The fourth-order valence-corrected chi connectivity index (χ4v) is 7.02. The Hall–Kier alpha value is -3.15. The van der Waals surface area contributed by atoms with Gasteiger partial charge in [0.1, 0.15) is 0 Å². The van der Waals surface area contributed by atoms with Crippen molar-refractivity contribution in [2.45, 2.75) is 57.4 Å². The van der Waals surface area contributed by atoms with Crippen LogP contribution < -0.4 is 10.6 Å². The first-order chi connectivity index (χ1) is 16.4. The number of rotatable bonds is 6. The topological polar surface area (TPSA) is 84.5 Å². The van der Waals surface area contributed by atoms with Gasteiger partial charge in [-0.25, -0.2) is 4.79 Å². The maximum atomic E-state index is 13.3. The molecule has 0 unspecified atom stereocenters. The van der Waals surface area contributed by atoms with Gasteiger partial charge in [-0.2, -0.15) is 0 Å². The van der Waals surface area contributed by atoms with E-state index in [9.17, 15) is 14.4 Å². The van der Waals surface area contributed by atoms with Crippen molar-refractivity contribution in [1.82, 2.24) is 10.6 Å². The molecule has 6 heteroatoms. The van der Waals surface area contributed by atoms with Crippen molar-refractivity contribution in [2.75, 3.05) is 6.61 Å². The molecule has 0 heterocycles. The molecule has 6 nitrogen and oxygen atoms in total. The van der Waals surface area contributed by atoms with Gasteiger partial charge in [0, 0.05) is 6.54 Å². The Morgan fingerprint density at radius 3 is 2.29 bits per heavy atom. The first-order valence-electron chi connectivity index (χ1n) is 12.2. The van der Waals surface area contributed by atoms with Gasteiger partial charge in [0.2, 0.25) is 0 Å². The van der Waals surface area contributed by atoms with E-state index in [0.29, 0.717) is 18.4 Å². The summed E-state index contributed by atoms with van der Waals surface area (Å²) in [6.07, 6.45) is 5.91. The van der Waals surface area contributed by atoms with Crippen molar-refractivity contribution in [3.05, 3.63) is 71.3 Å². The summed E-state index contributed by atoms with van der Waals surface area (Å²) in [6.45, 7) is 1.97. The number of carbonyl (C=O) groups excluding carboxylic acids is 3. The van der Waals surface area contributed by atoms with Crippen molar-refractivity contribution in [3.8, 4) is 0 Å².